The summed E-state index contributed by atoms with van der Waals surface area (Å²) in [5, 5.41) is 14.4. The number of fused-ring (bicyclic) bond motifs is 1. The molecule has 3 rings (SSSR count). The topological polar surface area (TPSA) is 81.0 Å². The molecule has 6 nitrogen and oxygen atoms in total. The molecule has 0 spiro atoms. The summed E-state index contributed by atoms with van der Waals surface area (Å²) in [5.74, 6) is 0.180. The fourth-order valence-electron chi connectivity index (χ4n) is 2.30. The van der Waals surface area contributed by atoms with Crippen LogP contribution in [-0.4, -0.2) is 21.4 Å². The van der Waals surface area contributed by atoms with Crippen LogP contribution in [0.25, 0.3) is 10.9 Å². The van der Waals surface area contributed by atoms with Crippen LogP contribution in [-0.2, 0) is 6.42 Å². The number of nitro groups is 1. The summed E-state index contributed by atoms with van der Waals surface area (Å²) in [6.45, 7) is 0.570. The Morgan fingerprint density at radius 1 is 1.13 bits per heavy atom. The molecule has 1 aromatic heterocycles. The minimum atomic E-state index is -0.427. The standard InChI is InChI=1S/C16H13FN4O2/c17-14-3-1-2-13-15(14)19-10-20-16(13)18-9-8-11-4-6-12(7-5-11)21(22)23/h1-7,10H,8-9H2,(H,18,19,20). The Morgan fingerprint density at radius 2 is 1.91 bits per heavy atom. The summed E-state index contributed by atoms with van der Waals surface area (Å²) in [6.07, 6.45) is 1.98. The van der Waals surface area contributed by atoms with Crippen LogP contribution in [0, 0.1) is 15.9 Å². The predicted octanol–water partition coefficient (Wildman–Crippen LogP) is 3.33. The maximum Gasteiger partial charge on any atom is 0.269 e. The largest absolute Gasteiger partial charge is 0.369 e. The first kappa shape index (κ1) is 14.8. The molecule has 116 valence electrons. The molecule has 0 fully saturated rings. The van der Waals surface area contributed by atoms with Gasteiger partial charge in [-0.05, 0) is 24.1 Å². The first-order valence-corrected chi connectivity index (χ1v) is 7.01. The molecular weight excluding hydrogens is 299 g/mol. The number of rotatable bonds is 5. The summed E-state index contributed by atoms with van der Waals surface area (Å²) in [5.41, 5.74) is 1.31. The summed E-state index contributed by atoms with van der Waals surface area (Å²) in [4.78, 5) is 18.3. The lowest BCUT2D eigenvalue weighted by Gasteiger charge is -2.08. The van der Waals surface area contributed by atoms with Crippen LogP contribution in [0.3, 0.4) is 0 Å². The highest BCUT2D eigenvalue weighted by molar-refractivity contribution is 5.89. The van der Waals surface area contributed by atoms with Crippen molar-refractivity contribution in [2.24, 2.45) is 0 Å². The Morgan fingerprint density at radius 3 is 2.65 bits per heavy atom. The van der Waals surface area contributed by atoms with Crippen molar-refractivity contribution in [2.75, 3.05) is 11.9 Å². The molecule has 0 atom stereocenters. The number of hydrogen-bond acceptors (Lipinski definition) is 5. The molecule has 0 saturated heterocycles. The fraction of sp³-hybridized carbons (Fsp3) is 0.125. The Bertz CT molecular complexity index is 852. The molecule has 0 saturated carbocycles. The number of para-hydroxylation sites is 1. The third kappa shape index (κ3) is 3.23. The number of hydrogen-bond donors (Lipinski definition) is 1. The molecule has 7 heteroatoms. The Labute approximate surface area is 131 Å². The van der Waals surface area contributed by atoms with Gasteiger partial charge in [0.15, 0.2) is 0 Å². The lowest BCUT2D eigenvalue weighted by atomic mass is 10.1. The van der Waals surface area contributed by atoms with E-state index in [0.29, 0.717) is 24.2 Å². The van der Waals surface area contributed by atoms with E-state index in [9.17, 15) is 14.5 Å². The van der Waals surface area contributed by atoms with E-state index in [1.54, 1.807) is 24.3 Å². The molecular formula is C16H13FN4O2. The van der Waals surface area contributed by atoms with Gasteiger partial charge in [0.05, 0.1) is 4.92 Å². The zero-order chi connectivity index (χ0) is 16.2. The van der Waals surface area contributed by atoms with Crippen molar-refractivity contribution in [1.29, 1.82) is 0 Å². The molecule has 0 aliphatic heterocycles. The first-order chi connectivity index (χ1) is 11.1. The lowest BCUT2D eigenvalue weighted by molar-refractivity contribution is -0.384. The molecule has 23 heavy (non-hydrogen) atoms. The van der Waals surface area contributed by atoms with E-state index in [4.69, 9.17) is 0 Å². The van der Waals surface area contributed by atoms with Crippen molar-refractivity contribution >= 4 is 22.4 Å². The average molecular weight is 312 g/mol. The van der Waals surface area contributed by atoms with Crippen LogP contribution in [0.1, 0.15) is 5.56 Å². The molecule has 2 aromatic carbocycles. The van der Waals surface area contributed by atoms with Gasteiger partial charge in [-0.3, -0.25) is 10.1 Å². The van der Waals surface area contributed by atoms with E-state index in [-0.39, 0.29) is 17.0 Å². The van der Waals surface area contributed by atoms with Crippen LogP contribution in [0.4, 0.5) is 15.9 Å². The van der Waals surface area contributed by atoms with Gasteiger partial charge in [-0.1, -0.05) is 18.2 Å². The van der Waals surface area contributed by atoms with Gasteiger partial charge in [0.25, 0.3) is 5.69 Å². The SMILES string of the molecule is O=[N+]([O-])c1ccc(CCNc2ncnc3c(F)cccc23)cc1. The molecule has 0 amide bonds. The second-order valence-corrected chi connectivity index (χ2v) is 4.96. The molecule has 0 aliphatic carbocycles. The lowest BCUT2D eigenvalue weighted by Crippen LogP contribution is -2.07. The Kier molecular flexibility index (Phi) is 4.09. The molecule has 0 aliphatic rings. The number of nitrogens with zero attached hydrogens (tertiary/aromatic N) is 3. The number of non-ortho nitro benzene ring substituents is 1. The summed E-state index contributed by atoms with van der Waals surface area (Å²) in [7, 11) is 0. The average Bonchev–Trinajstić information content (AvgIpc) is 2.56. The third-order valence-corrected chi connectivity index (χ3v) is 3.47. The van der Waals surface area contributed by atoms with Crippen molar-refractivity contribution in [2.45, 2.75) is 6.42 Å². The number of halogens is 1. The van der Waals surface area contributed by atoms with E-state index in [0.717, 1.165) is 5.56 Å². The van der Waals surface area contributed by atoms with Gasteiger partial charge >= 0.3 is 0 Å². The van der Waals surface area contributed by atoms with Crippen LogP contribution < -0.4 is 5.32 Å². The molecule has 0 radical (unpaired) electrons. The maximum absolute atomic E-state index is 13.7. The van der Waals surface area contributed by atoms with Gasteiger partial charge in [0.1, 0.15) is 23.5 Å². The van der Waals surface area contributed by atoms with Crippen molar-refractivity contribution < 1.29 is 9.31 Å². The fourth-order valence-corrected chi connectivity index (χ4v) is 2.30. The second kappa shape index (κ2) is 6.35. The van der Waals surface area contributed by atoms with Gasteiger partial charge < -0.3 is 5.32 Å². The number of benzene rings is 2. The normalized spacial score (nSPS) is 10.7. The number of anilines is 1. The van der Waals surface area contributed by atoms with E-state index in [2.05, 4.69) is 15.3 Å². The molecule has 0 bridgehead atoms. The Hall–Kier alpha value is -3.09. The van der Waals surface area contributed by atoms with Crippen LogP contribution in [0.15, 0.2) is 48.8 Å². The summed E-state index contributed by atoms with van der Waals surface area (Å²) < 4.78 is 13.7. The van der Waals surface area contributed by atoms with Crippen molar-refractivity contribution in [3.8, 4) is 0 Å². The summed E-state index contributed by atoms with van der Waals surface area (Å²) >= 11 is 0. The predicted molar refractivity (Wildman–Crippen MR) is 84.8 cm³/mol. The molecule has 0 unspecified atom stereocenters. The van der Waals surface area contributed by atoms with Crippen molar-refractivity contribution in [1.82, 2.24) is 9.97 Å². The van der Waals surface area contributed by atoms with Crippen LogP contribution in [0.2, 0.25) is 0 Å². The van der Waals surface area contributed by atoms with Crippen LogP contribution >= 0.6 is 0 Å². The van der Waals surface area contributed by atoms with Gasteiger partial charge in [-0.25, -0.2) is 14.4 Å². The Balaban J connectivity index is 1.69. The second-order valence-electron chi connectivity index (χ2n) is 4.96. The van der Waals surface area contributed by atoms with Gasteiger partial charge in [-0.15, -0.1) is 0 Å². The third-order valence-electron chi connectivity index (χ3n) is 3.47. The van der Waals surface area contributed by atoms with Gasteiger partial charge in [-0.2, -0.15) is 0 Å². The number of aromatic nitrogens is 2. The smallest absolute Gasteiger partial charge is 0.269 e. The molecule has 3 aromatic rings. The van der Waals surface area contributed by atoms with Crippen molar-refractivity contribution in [3.05, 3.63) is 70.3 Å². The highest BCUT2D eigenvalue weighted by Crippen LogP contribution is 2.21. The number of nitro benzene ring substituents is 1. The van der Waals surface area contributed by atoms with Crippen LogP contribution in [0.5, 0.6) is 0 Å². The van der Waals surface area contributed by atoms with Crippen molar-refractivity contribution in [3.63, 3.8) is 0 Å². The van der Waals surface area contributed by atoms with Gasteiger partial charge in [0, 0.05) is 24.1 Å². The zero-order valence-corrected chi connectivity index (χ0v) is 12.1. The molecule has 1 heterocycles. The minimum Gasteiger partial charge on any atom is -0.369 e. The maximum atomic E-state index is 13.7. The zero-order valence-electron chi connectivity index (χ0n) is 12.1. The van der Waals surface area contributed by atoms with Gasteiger partial charge in [0.2, 0.25) is 0 Å². The summed E-state index contributed by atoms with van der Waals surface area (Å²) in [6, 6.07) is 11.1. The molecule has 1 N–H and O–H groups in total. The van der Waals surface area contributed by atoms with E-state index in [1.165, 1.54) is 24.5 Å². The first-order valence-electron chi connectivity index (χ1n) is 7.01. The minimum absolute atomic E-state index is 0.0685. The quantitative estimate of drug-likeness (QED) is 0.577. The monoisotopic (exact) mass is 312 g/mol. The van der Waals surface area contributed by atoms with E-state index >= 15 is 0 Å². The van der Waals surface area contributed by atoms with E-state index < -0.39 is 4.92 Å². The highest BCUT2D eigenvalue weighted by Gasteiger charge is 2.07. The highest BCUT2D eigenvalue weighted by atomic mass is 19.1. The number of nitrogens with one attached hydrogen (secondary N) is 1. The van der Waals surface area contributed by atoms with E-state index in [1.807, 2.05) is 0 Å².